The monoisotopic (exact) mass is 393 g/mol. The summed E-state index contributed by atoms with van der Waals surface area (Å²) in [6.07, 6.45) is 2.03. The molecular weight excluding hydrogens is 373 g/mol. The van der Waals surface area contributed by atoms with E-state index in [0.717, 1.165) is 35.6 Å². The maximum absolute atomic E-state index is 13.0. The van der Waals surface area contributed by atoms with Gasteiger partial charge in [-0.05, 0) is 42.3 Å². The van der Waals surface area contributed by atoms with Crippen LogP contribution in [-0.2, 0) is 22.3 Å². The summed E-state index contributed by atoms with van der Waals surface area (Å²) >= 11 is 1.54. The van der Waals surface area contributed by atoms with Crippen LogP contribution >= 0.6 is 11.8 Å². The number of unbranched alkanes of at least 4 members (excludes halogenated alkanes) is 1. The minimum Gasteiger partial charge on any atom is -0.319 e. The molecule has 0 saturated carbocycles. The van der Waals surface area contributed by atoms with Crippen molar-refractivity contribution in [2.45, 2.75) is 42.1 Å². The number of benzene rings is 2. The molecule has 8 heteroatoms. The van der Waals surface area contributed by atoms with Gasteiger partial charge in [0.25, 0.3) is 0 Å². The van der Waals surface area contributed by atoms with Gasteiger partial charge in [0.15, 0.2) is 5.16 Å². The van der Waals surface area contributed by atoms with Gasteiger partial charge < -0.3 is 4.57 Å². The number of nitrogens with two attached hydrogens (primary N) is 1. The normalized spacial score (nSPS) is 12.0. The number of aryl methyl sites for hydroxylation is 1. The first-order chi connectivity index (χ1) is 12.4. The maximum Gasteiger partial charge on any atom is 0.238 e. The number of rotatable bonds is 7. The van der Waals surface area contributed by atoms with E-state index in [1.165, 1.54) is 24.3 Å². The third-order valence-electron chi connectivity index (χ3n) is 4.03. The largest absolute Gasteiger partial charge is 0.319 e. The number of halogens is 1. The van der Waals surface area contributed by atoms with E-state index in [2.05, 4.69) is 16.5 Å². The van der Waals surface area contributed by atoms with Gasteiger partial charge in [0.2, 0.25) is 10.0 Å². The summed E-state index contributed by atoms with van der Waals surface area (Å²) in [6, 6.07) is 11.1. The summed E-state index contributed by atoms with van der Waals surface area (Å²) in [5.74, 6) is 0.391. The average molecular weight is 394 g/mol. The molecule has 0 aliphatic rings. The Kier molecular flexibility index (Phi) is 5.64. The van der Waals surface area contributed by atoms with Crippen molar-refractivity contribution in [1.29, 1.82) is 0 Å². The van der Waals surface area contributed by atoms with E-state index in [4.69, 9.17) is 5.14 Å². The molecule has 3 rings (SSSR count). The summed E-state index contributed by atoms with van der Waals surface area (Å²) in [5, 5.41) is 6.03. The van der Waals surface area contributed by atoms with Crippen LogP contribution in [0.25, 0.3) is 11.0 Å². The number of sulfonamides is 1. The second-order valence-electron chi connectivity index (χ2n) is 6.01. The third kappa shape index (κ3) is 4.25. The molecule has 0 unspecified atom stereocenters. The van der Waals surface area contributed by atoms with Crippen LogP contribution in [-0.4, -0.2) is 18.0 Å². The molecule has 138 valence electrons. The minimum absolute atomic E-state index is 0.0558. The molecule has 0 spiro atoms. The van der Waals surface area contributed by atoms with Crippen molar-refractivity contribution in [2.24, 2.45) is 5.14 Å². The lowest BCUT2D eigenvalue weighted by Crippen LogP contribution is -2.11. The molecule has 5 nitrogen and oxygen atoms in total. The Bertz CT molecular complexity index is 1010. The van der Waals surface area contributed by atoms with Crippen molar-refractivity contribution in [3.05, 3.63) is 53.8 Å². The number of hydrogen-bond acceptors (Lipinski definition) is 4. The Balaban J connectivity index is 1.94. The van der Waals surface area contributed by atoms with E-state index in [0.29, 0.717) is 11.3 Å². The van der Waals surface area contributed by atoms with Gasteiger partial charge in [0, 0.05) is 12.3 Å². The van der Waals surface area contributed by atoms with Crippen LogP contribution in [0.15, 0.2) is 52.5 Å². The van der Waals surface area contributed by atoms with E-state index in [1.807, 2.05) is 0 Å². The molecule has 26 heavy (non-hydrogen) atoms. The lowest BCUT2D eigenvalue weighted by Gasteiger charge is -2.08. The summed E-state index contributed by atoms with van der Waals surface area (Å²) in [7, 11) is -3.77. The number of primary sulfonamides is 1. The van der Waals surface area contributed by atoms with Crippen molar-refractivity contribution in [1.82, 2.24) is 9.55 Å². The Hall–Kier alpha value is -1.90. The number of thioether (sulfide) groups is 1. The topological polar surface area (TPSA) is 78.0 Å². The van der Waals surface area contributed by atoms with Crippen LogP contribution in [0.4, 0.5) is 4.39 Å². The molecule has 3 aromatic rings. The highest BCUT2D eigenvalue weighted by molar-refractivity contribution is 7.98. The van der Waals surface area contributed by atoms with E-state index in [1.54, 1.807) is 30.0 Å². The maximum atomic E-state index is 13.0. The fourth-order valence-electron chi connectivity index (χ4n) is 2.64. The van der Waals surface area contributed by atoms with Gasteiger partial charge >= 0.3 is 0 Å². The zero-order valence-electron chi connectivity index (χ0n) is 14.4. The molecule has 0 bridgehead atoms. The van der Waals surface area contributed by atoms with E-state index < -0.39 is 10.0 Å². The molecule has 2 N–H and O–H groups in total. The predicted molar refractivity (Wildman–Crippen MR) is 102 cm³/mol. The van der Waals surface area contributed by atoms with Crippen LogP contribution in [0.3, 0.4) is 0 Å². The Morgan fingerprint density at radius 1 is 1.19 bits per heavy atom. The van der Waals surface area contributed by atoms with Crippen LogP contribution in [0, 0.1) is 5.82 Å². The second-order valence-corrected chi connectivity index (χ2v) is 8.51. The predicted octanol–water partition coefficient (Wildman–Crippen LogP) is 3.92. The molecule has 1 heterocycles. The second kappa shape index (κ2) is 7.77. The summed E-state index contributed by atoms with van der Waals surface area (Å²) < 4.78 is 38.3. The molecular formula is C18H20FN3O2S2. The van der Waals surface area contributed by atoms with Crippen molar-refractivity contribution in [2.75, 3.05) is 0 Å². The molecule has 0 aliphatic heterocycles. The fourth-order valence-corrected chi connectivity index (χ4v) is 4.17. The zero-order valence-corrected chi connectivity index (χ0v) is 16.0. The Morgan fingerprint density at radius 2 is 1.92 bits per heavy atom. The summed E-state index contributed by atoms with van der Waals surface area (Å²) in [6.45, 7) is 2.91. The first-order valence-corrected chi connectivity index (χ1v) is 10.8. The van der Waals surface area contributed by atoms with Crippen molar-refractivity contribution in [3.63, 3.8) is 0 Å². The molecule has 0 fully saturated rings. The van der Waals surface area contributed by atoms with Gasteiger partial charge in [0.1, 0.15) is 5.82 Å². The lowest BCUT2D eigenvalue weighted by atomic mass is 10.2. The molecule has 0 atom stereocenters. The van der Waals surface area contributed by atoms with Crippen LogP contribution in [0.2, 0.25) is 0 Å². The first kappa shape index (κ1) is 18.9. The van der Waals surface area contributed by atoms with Crippen LogP contribution in [0.1, 0.15) is 25.3 Å². The van der Waals surface area contributed by atoms with Gasteiger partial charge in [-0.15, -0.1) is 0 Å². The van der Waals surface area contributed by atoms with Gasteiger partial charge in [0.05, 0.1) is 15.9 Å². The molecule has 2 aromatic carbocycles. The van der Waals surface area contributed by atoms with Gasteiger partial charge in [-0.25, -0.2) is 22.9 Å². The highest BCUT2D eigenvalue weighted by Gasteiger charge is 2.15. The Labute approximate surface area is 156 Å². The average Bonchev–Trinajstić information content (AvgIpc) is 2.95. The molecule has 0 saturated heterocycles. The lowest BCUT2D eigenvalue weighted by molar-refractivity contribution is 0.597. The van der Waals surface area contributed by atoms with E-state index >= 15 is 0 Å². The minimum atomic E-state index is -3.77. The summed E-state index contributed by atoms with van der Waals surface area (Å²) in [5.41, 5.74) is 2.48. The van der Waals surface area contributed by atoms with Gasteiger partial charge in [-0.3, -0.25) is 0 Å². The standard InChI is InChI=1S/C18H20FN3O2S2/c1-2-3-10-22-17-9-8-15(26(20,23)24)11-16(17)21-18(22)25-12-13-4-6-14(19)7-5-13/h4-9,11H,2-3,10,12H2,1H3,(H2,20,23,24). The fraction of sp³-hybridized carbons (Fsp3) is 0.278. The molecule has 0 amide bonds. The van der Waals surface area contributed by atoms with Crippen molar-refractivity contribution in [3.8, 4) is 0 Å². The molecule has 1 aromatic heterocycles. The van der Waals surface area contributed by atoms with E-state index in [-0.39, 0.29) is 10.7 Å². The number of hydrogen-bond donors (Lipinski definition) is 1. The molecule has 0 aliphatic carbocycles. The zero-order chi connectivity index (χ0) is 18.7. The SMILES string of the molecule is CCCCn1c(SCc2ccc(F)cc2)nc2cc(S(N)(=O)=O)ccc21. The highest BCUT2D eigenvalue weighted by atomic mass is 32.2. The Morgan fingerprint density at radius 3 is 2.58 bits per heavy atom. The molecule has 0 radical (unpaired) electrons. The quantitative estimate of drug-likeness (QED) is 0.617. The van der Waals surface area contributed by atoms with Crippen LogP contribution < -0.4 is 5.14 Å². The number of nitrogens with zero attached hydrogens (tertiary/aromatic N) is 2. The van der Waals surface area contributed by atoms with Crippen molar-refractivity contribution >= 4 is 32.8 Å². The van der Waals surface area contributed by atoms with Gasteiger partial charge in [-0.2, -0.15) is 0 Å². The number of imidazole rings is 1. The highest BCUT2D eigenvalue weighted by Crippen LogP contribution is 2.28. The van der Waals surface area contributed by atoms with Crippen molar-refractivity contribution < 1.29 is 12.8 Å². The van der Waals surface area contributed by atoms with Gasteiger partial charge in [-0.1, -0.05) is 37.2 Å². The van der Waals surface area contributed by atoms with Crippen LogP contribution in [0.5, 0.6) is 0 Å². The first-order valence-electron chi connectivity index (χ1n) is 8.29. The number of aromatic nitrogens is 2. The third-order valence-corrected chi connectivity index (χ3v) is 5.99. The number of fused-ring (bicyclic) bond motifs is 1. The smallest absolute Gasteiger partial charge is 0.238 e. The van der Waals surface area contributed by atoms with E-state index in [9.17, 15) is 12.8 Å². The summed E-state index contributed by atoms with van der Waals surface area (Å²) in [4.78, 5) is 4.66.